The van der Waals surface area contributed by atoms with E-state index in [1.165, 1.54) is 16.2 Å². The van der Waals surface area contributed by atoms with E-state index < -0.39 is 16.8 Å². The highest BCUT2D eigenvalue weighted by molar-refractivity contribution is 7.18. The number of aromatic amines is 1. The number of aryl methyl sites for hydroxylation is 1. The Morgan fingerprint density at radius 1 is 1.46 bits per heavy atom. The van der Waals surface area contributed by atoms with Gasteiger partial charge < -0.3 is 9.72 Å². The molecule has 7 nitrogen and oxygen atoms in total. The van der Waals surface area contributed by atoms with Gasteiger partial charge in [0, 0.05) is 17.0 Å². The van der Waals surface area contributed by atoms with Crippen molar-refractivity contribution in [3.8, 4) is 5.75 Å². The number of ether oxygens (including phenoxy) is 1. The summed E-state index contributed by atoms with van der Waals surface area (Å²) in [6.45, 7) is 3.80. The van der Waals surface area contributed by atoms with Gasteiger partial charge in [-0.25, -0.2) is 9.37 Å². The van der Waals surface area contributed by atoms with Crippen molar-refractivity contribution in [3.05, 3.63) is 60.7 Å². The summed E-state index contributed by atoms with van der Waals surface area (Å²) in [7, 11) is 0. The van der Waals surface area contributed by atoms with Crippen LogP contribution in [0.15, 0.2) is 23.0 Å². The average molecular weight is 403 g/mol. The first-order valence-corrected chi connectivity index (χ1v) is 9.80. The molecule has 9 heteroatoms. The summed E-state index contributed by atoms with van der Waals surface area (Å²) in [6.07, 6.45) is 2.05. The number of aromatic nitrogens is 2. The number of nitrogens with zero attached hydrogens (tertiary/aromatic N) is 2. The van der Waals surface area contributed by atoms with E-state index in [1.54, 1.807) is 6.92 Å². The Morgan fingerprint density at radius 3 is 3.00 bits per heavy atom. The van der Waals surface area contributed by atoms with Gasteiger partial charge in [-0.2, -0.15) is 0 Å². The number of halogens is 1. The van der Waals surface area contributed by atoms with Crippen molar-refractivity contribution < 1.29 is 14.1 Å². The molecule has 1 aliphatic carbocycles. The van der Waals surface area contributed by atoms with Crippen LogP contribution in [0.3, 0.4) is 0 Å². The zero-order chi connectivity index (χ0) is 20.0. The molecular weight excluding hydrogens is 385 g/mol. The molecule has 146 valence electrons. The van der Waals surface area contributed by atoms with E-state index in [2.05, 4.69) is 16.9 Å². The Hall–Kier alpha value is -2.81. The largest absolute Gasteiger partial charge is 0.476 e. The van der Waals surface area contributed by atoms with E-state index in [4.69, 9.17) is 4.74 Å². The number of rotatable bonds is 4. The summed E-state index contributed by atoms with van der Waals surface area (Å²) in [6, 6.07) is 3.00. The number of nitro groups is 1. The predicted octanol–water partition coefficient (Wildman–Crippen LogP) is 4.30. The fourth-order valence-electron chi connectivity index (χ4n) is 3.54. The Labute approximate surface area is 163 Å². The first-order chi connectivity index (χ1) is 13.3. The lowest BCUT2D eigenvalue weighted by Crippen LogP contribution is -2.17. The summed E-state index contributed by atoms with van der Waals surface area (Å²) in [5, 5.41) is 11.8. The van der Waals surface area contributed by atoms with E-state index in [0.717, 1.165) is 43.0 Å². The molecule has 0 spiro atoms. The fraction of sp³-hybridized carbons (Fsp3) is 0.368. The third-order valence-electron chi connectivity index (χ3n) is 4.99. The van der Waals surface area contributed by atoms with Gasteiger partial charge in [0.1, 0.15) is 10.6 Å². The monoisotopic (exact) mass is 403 g/mol. The van der Waals surface area contributed by atoms with Crippen molar-refractivity contribution in [2.75, 3.05) is 0 Å². The quantitative estimate of drug-likeness (QED) is 0.517. The highest BCUT2D eigenvalue weighted by Gasteiger charge is 2.25. The second kappa shape index (κ2) is 6.97. The van der Waals surface area contributed by atoms with Gasteiger partial charge in [-0.15, -0.1) is 11.3 Å². The Kier molecular flexibility index (Phi) is 4.62. The fourth-order valence-corrected chi connectivity index (χ4v) is 4.93. The molecule has 2 aromatic heterocycles. The van der Waals surface area contributed by atoms with Crippen LogP contribution in [0.1, 0.15) is 42.6 Å². The SMILES string of the molecule is C[C@@H]1CCc2c(sc3nc([C@@H](C)Oc4cc(F)ccc4[N+](=O)[O-])[nH]c(=O)c23)C1. The maximum absolute atomic E-state index is 13.5. The van der Waals surface area contributed by atoms with Crippen LogP contribution in [0.4, 0.5) is 10.1 Å². The Balaban J connectivity index is 1.71. The van der Waals surface area contributed by atoms with Crippen molar-refractivity contribution in [1.29, 1.82) is 0 Å². The van der Waals surface area contributed by atoms with Gasteiger partial charge in [-0.3, -0.25) is 14.9 Å². The van der Waals surface area contributed by atoms with Gasteiger partial charge in [-0.1, -0.05) is 6.92 Å². The molecule has 1 N–H and O–H groups in total. The lowest BCUT2D eigenvalue weighted by atomic mass is 9.89. The minimum absolute atomic E-state index is 0.209. The second-order valence-electron chi connectivity index (χ2n) is 7.11. The first-order valence-electron chi connectivity index (χ1n) is 8.98. The van der Waals surface area contributed by atoms with E-state index in [1.807, 2.05) is 0 Å². The van der Waals surface area contributed by atoms with Crippen LogP contribution in [0, 0.1) is 21.8 Å². The molecule has 1 aromatic carbocycles. The Morgan fingerprint density at radius 2 is 2.25 bits per heavy atom. The molecule has 1 aliphatic rings. The third-order valence-corrected chi connectivity index (χ3v) is 6.14. The highest BCUT2D eigenvalue weighted by atomic mass is 32.1. The van der Waals surface area contributed by atoms with E-state index in [0.29, 0.717) is 16.1 Å². The molecule has 0 unspecified atom stereocenters. The van der Waals surface area contributed by atoms with Crippen molar-refractivity contribution >= 4 is 27.2 Å². The minimum Gasteiger partial charge on any atom is -0.476 e. The molecule has 0 aliphatic heterocycles. The zero-order valence-corrected chi connectivity index (χ0v) is 16.1. The topological polar surface area (TPSA) is 98.1 Å². The molecule has 0 bridgehead atoms. The molecule has 0 radical (unpaired) electrons. The van der Waals surface area contributed by atoms with Crippen LogP contribution in [0.5, 0.6) is 5.75 Å². The van der Waals surface area contributed by atoms with Gasteiger partial charge in [0.25, 0.3) is 5.56 Å². The molecule has 4 rings (SSSR count). The number of fused-ring (bicyclic) bond motifs is 3. The maximum atomic E-state index is 13.5. The molecule has 2 heterocycles. The third kappa shape index (κ3) is 3.26. The number of hydrogen-bond acceptors (Lipinski definition) is 6. The number of benzene rings is 1. The van der Waals surface area contributed by atoms with Crippen LogP contribution in [-0.2, 0) is 12.8 Å². The number of nitrogens with one attached hydrogen (secondary N) is 1. The van der Waals surface area contributed by atoms with Crippen molar-refractivity contribution in [3.63, 3.8) is 0 Å². The summed E-state index contributed by atoms with van der Waals surface area (Å²) in [5.41, 5.74) is 0.487. The zero-order valence-electron chi connectivity index (χ0n) is 15.3. The second-order valence-corrected chi connectivity index (χ2v) is 8.20. The summed E-state index contributed by atoms with van der Waals surface area (Å²) in [4.78, 5) is 32.3. The van der Waals surface area contributed by atoms with Gasteiger partial charge >= 0.3 is 5.69 Å². The van der Waals surface area contributed by atoms with Gasteiger partial charge in [0.05, 0.1) is 10.3 Å². The van der Waals surface area contributed by atoms with E-state index >= 15 is 0 Å². The summed E-state index contributed by atoms with van der Waals surface area (Å²) in [5.74, 6) is -0.0260. The van der Waals surface area contributed by atoms with Crippen molar-refractivity contribution in [1.82, 2.24) is 9.97 Å². The molecular formula is C19H18FN3O4S. The van der Waals surface area contributed by atoms with Crippen LogP contribution >= 0.6 is 11.3 Å². The smallest absolute Gasteiger partial charge is 0.311 e. The molecule has 0 amide bonds. The molecule has 2 atom stereocenters. The Bertz CT molecular complexity index is 1140. The molecule has 3 aromatic rings. The molecule has 0 fully saturated rings. The number of H-pyrrole nitrogens is 1. The van der Waals surface area contributed by atoms with Crippen LogP contribution in [0.2, 0.25) is 0 Å². The average Bonchev–Trinajstić information content (AvgIpc) is 2.99. The van der Waals surface area contributed by atoms with Crippen LogP contribution in [0.25, 0.3) is 10.2 Å². The van der Waals surface area contributed by atoms with Crippen molar-refractivity contribution in [2.45, 2.75) is 39.2 Å². The van der Waals surface area contributed by atoms with Gasteiger partial charge in [0.2, 0.25) is 5.75 Å². The van der Waals surface area contributed by atoms with Crippen LogP contribution < -0.4 is 10.3 Å². The maximum Gasteiger partial charge on any atom is 0.311 e. The normalized spacial score (nSPS) is 17.3. The van der Waals surface area contributed by atoms with Crippen LogP contribution in [-0.4, -0.2) is 14.9 Å². The molecule has 0 saturated heterocycles. The lowest BCUT2D eigenvalue weighted by molar-refractivity contribution is -0.386. The van der Waals surface area contributed by atoms with Crippen molar-refractivity contribution in [2.24, 2.45) is 5.92 Å². The summed E-state index contributed by atoms with van der Waals surface area (Å²) < 4.78 is 19.1. The summed E-state index contributed by atoms with van der Waals surface area (Å²) >= 11 is 1.51. The molecule has 28 heavy (non-hydrogen) atoms. The van der Waals surface area contributed by atoms with E-state index in [9.17, 15) is 19.3 Å². The molecule has 0 saturated carbocycles. The van der Waals surface area contributed by atoms with Gasteiger partial charge in [0.15, 0.2) is 11.9 Å². The standard InChI is InChI=1S/C19H18FN3O4S/c1-9-3-5-12-15(7-9)28-19-16(12)18(24)21-17(22-19)10(2)27-14-8-11(20)4-6-13(14)23(25)26/h4,6,8-10H,3,5,7H2,1-2H3,(H,21,22,24)/t9-,10-/m1/s1. The van der Waals surface area contributed by atoms with E-state index in [-0.39, 0.29) is 22.8 Å². The highest BCUT2D eigenvalue weighted by Crippen LogP contribution is 2.36. The number of nitro benzene ring substituents is 1. The minimum atomic E-state index is -0.796. The number of thiophene rings is 1. The van der Waals surface area contributed by atoms with Gasteiger partial charge in [-0.05, 0) is 43.7 Å². The predicted molar refractivity (Wildman–Crippen MR) is 104 cm³/mol. The number of hydrogen-bond donors (Lipinski definition) is 1. The lowest BCUT2D eigenvalue weighted by Gasteiger charge is -2.17. The first kappa shape index (κ1) is 18.5.